The quantitative estimate of drug-likeness (QED) is 0.785. The van der Waals surface area contributed by atoms with E-state index in [1.165, 1.54) is 0 Å². The van der Waals surface area contributed by atoms with Crippen LogP contribution in [0.25, 0.3) is 0 Å². The summed E-state index contributed by atoms with van der Waals surface area (Å²) in [7, 11) is 0. The molecule has 0 heterocycles. The normalized spacial score (nSPS) is 11.8. The summed E-state index contributed by atoms with van der Waals surface area (Å²) in [6.45, 7) is 1.65. The first kappa shape index (κ1) is 16.1. The molecule has 3 nitrogen and oxygen atoms in total. The molecular formula is C15H12BrCl2NO2. The van der Waals surface area contributed by atoms with E-state index in [4.69, 9.17) is 27.9 Å². The lowest BCUT2D eigenvalue weighted by molar-refractivity contribution is -0.122. The Hall–Kier alpha value is -1.23. The molecule has 0 spiro atoms. The molecule has 0 bridgehead atoms. The van der Waals surface area contributed by atoms with Gasteiger partial charge in [-0.25, -0.2) is 0 Å². The SMILES string of the molecule is C[C@H](Oc1ccc(Cl)cc1Cl)C(=O)Nc1cccc(Br)c1. The Morgan fingerprint density at radius 3 is 2.67 bits per heavy atom. The maximum Gasteiger partial charge on any atom is 0.265 e. The average Bonchev–Trinajstić information content (AvgIpc) is 2.41. The van der Waals surface area contributed by atoms with Crippen molar-refractivity contribution < 1.29 is 9.53 Å². The van der Waals surface area contributed by atoms with Crippen molar-refractivity contribution in [3.8, 4) is 5.75 Å². The van der Waals surface area contributed by atoms with Gasteiger partial charge in [0, 0.05) is 15.2 Å². The maximum absolute atomic E-state index is 12.1. The molecule has 0 saturated carbocycles. The lowest BCUT2D eigenvalue weighted by Crippen LogP contribution is -2.30. The van der Waals surface area contributed by atoms with Crippen molar-refractivity contribution in [2.24, 2.45) is 0 Å². The van der Waals surface area contributed by atoms with Gasteiger partial charge < -0.3 is 10.1 Å². The molecule has 0 fully saturated rings. The Labute approximate surface area is 141 Å². The number of benzene rings is 2. The number of amides is 1. The number of carbonyl (C=O) groups excluding carboxylic acids is 1. The molecule has 2 rings (SSSR count). The second-order valence-electron chi connectivity index (χ2n) is 4.33. The lowest BCUT2D eigenvalue weighted by atomic mass is 10.3. The van der Waals surface area contributed by atoms with Crippen molar-refractivity contribution in [3.63, 3.8) is 0 Å². The molecule has 0 saturated heterocycles. The van der Waals surface area contributed by atoms with E-state index in [-0.39, 0.29) is 5.91 Å². The Kier molecular flexibility index (Phi) is 5.51. The van der Waals surface area contributed by atoms with Crippen LogP contribution in [0.3, 0.4) is 0 Å². The van der Waals surface area contributed by atoms with Crippen LogP contribution >= 0.6 is 39.1 Å². The Bertz CT molecular complexity index is 664. The van der Waals surface area contributed by atoms with Crippen LogP contribution in [-0.4, -0.2) is 12.0 Å². The van der Waals surface area contributed by atoms with E-state index < -0.39 is 6.10 Å². The van der Waals surface area contributed by atoms with Gasteiger partial charge >= 0.3 is 0 Å². The van der Waals surface area contributed by atoms with Crippen LogP contribution in [0, 0.1) is 0 Å². The molecular weight excluding hydrogens is 377 g/mol. The third kappa shape index (κ3) is 4.63. The molecule has 0 radical (unpaired) electrons. The summed E-state index contributed by atoms with van der Waals surface area (Å²) >= 11 is 15.2. The minimum Gasteiger partial charge on any atom is -0.479 e. The van der Waals surface area contributed by atoms with E-state index in [0.29, 0.717) is 21.5 Å². The minimum absolute atomic E-state index is 0.265. The highest BCUT2D eigenvalue weighted by Crippen LogP contribution is 2.28. The van der Waals surface area contributed by atoms with E-state index in [9.17, 15) is 4.79 Å². The van der Waals surface area contributed by atoms with Gasteiger partial charge in [-0.2, -0.15) is 0 Å². The van der Waals surface area contributed by atoms with Crippen LogP contribution in [-0.2, 0) is 4.79 Å². The van der Waals surface area contributed by atoms with Gasteiger partial charge in [-0.15, -0.1) is 0 Å². The molecule has 110 valence electrons. The molecule has 0 aromatic heterocycles. The van der Waals surface area contributed by atoms with Gasteiger partial charge in [0.05, 0.1) is 5.02 Å². The van der Waals surface area contributed by atoms with Crippen LogP contribution in [0.5, 0.6) is 5.75 Å². The second kappa shape index (κ2) is 7.16. The van der Waals surface area contributed by atoms with Crippen molar-refractivity contribution in [1.82, 2.24) is 0 Å². The highest BCUT2D eigenvalue weighted by molar-refractivity contribution is 9.10. The molecule has 1 atom stereocenters. The first-order valence-electron chi connectivity index (χ1n) is 6.14. The number of ether oxygens (including phenoxy) is 1. The summed E-state index contributed by atoms with van der Waals surface area (Å²) < 4.78 is 6.43. The first-order chi connectivity index (χ1) is 9.95. The molecule has 2 aromatic carbocycles. The third-order valence-electron chi connectivity index (χ3n) is 2.66. The Morgan fingerprint density at radius 1 is 1.24 bits per heavy atom. The summed E-state index contributed by atoms with van der Waals surface area (Å²) in [6.07, 6.45) is -0.692. The summed E-state index contributed by atoms with van der Waals surface area (Å²) in [5.41, 5.74) is 0.687. The van der Waals surface area contributed by atoms with Crippen LogP contribution in [0.1, 0.15) is 6.92 Å². The molecule has 1 N–H and O–H groups in total. The lowest BCUT2D eigenvalue weighted by Gasteiger charge is -2.16. The van der Waals surface area contributed by atoms with Crippen LogP contribution in [0.4, 0.5) is 5.69 Å². The minimum atomic E-state index is -0.692. The number of hydrogen-bond acceptors (Lipinski definition) is 2. The summed E-state index contributed by atoms with van der Waals surface area (Å²) in [6, 6.07) is 12.2. The zero-order valence-electron chi connectivity index (χ0n) is 11.1. The van der Waals surface area contributed by atoms with Crippen molar-refractivity contribution in [3.05, 3.63) is 57.0 Å². The van der Waals surface area contributed by atoms with Gasteiger partial charge in [0.25, 0.3) is 5.91 Å². The van der Waals surface area contributed by atoms with E-state index >= 15 is 0 Å². The summed E-state index contributed by atoms with van der Waals surface area (Å²) in [4.78, 5) is 12.1. The molecule has 2 aromatic rings. The number of halogens is 3. The molecule has 1 amide bonds. The van der Waals surface area contributed by atoms with E-state index in [1.807, 2.05) is 12.1 Å². The van der Waals surface area contributed by atoms with Crippen molar-refractivity contribution in [2.75, 3.05) is 5.32 Å². The van der Waals surface area contributed by atoms with Crippen molar-refractivity contribution in [1.29, 1.82) is 0 Å². The van der Waals surface area contributed by atoms with Gasteiger partial charge in [0.2, 0.25) is 0 Å². The molecule has 0 aliphatic heterocycles. The third-order valence-corrected chi connectivity index (χ3v) is 3.68. The highest BCUT2D eigenvalue weighted by atomic mass is 79.9. The maximum atomic E-state index is 12.1. The van der Waals surface area contributed by atoms with Gasteiger partial charge in [0.15, 0.2) is 6.10 Å². The average molecular weight is 389 g/mol. The number of hydrogen-bond donors (Lipinski definition) is 1. The number of nitrogens with one attached hydrogen (secondary N) is 1. The van der Waals surface area contributed by atoms with E-state index in [0.717, 1.165) is 4.47 Å². The zero-order chi connectivity index (χ0) is 15.4. The molecule has 21 heavy (non-hydrogen) atoms. The highest BCUT2D eigenvalue weighted by Gasteiger charge is 2.16. The van der Waals surface area contributed by atoms with E-state index in [1.54, 1.807) is 37.3 Å². The second-order valence-corrected chi connectivity index (χ2v) is 6.09. The topological polar surface area (TPSA) is 38.3 Å². The fourth-order valence-electron chi connectivity index (χ4n) is 1.62. The largest absolute Gasteiger partial charge is 0.479 e. The fourth-order valence-corrected chi connectivity index (χ4v) is 2.48. The van der Waals surface area contributed by atoms with Gasteiger partial charge in [-0.05, 0) is 43.3 Å². The van der Waals surface area contributed by atoms with Crippen LogP contribution in [0.15, 0.2) is 46.9 Å². The summed E-state index contributed by atoms with van der Waals surface area (Å²) in [5.74, 6) is 0.150. The van der Waals surface area contributed by atoms with Gasteiger partial charge in [0.1, 0.15) is 5.75 Å². The van der Waals surface area contributed by atoms with Crippen LogP contribution in [0.2, 0.25) is 10.0 Å². The van der Waals surface area contributed by atoms with Crippen molar-refractivity contribution >= 4 is 50.7 Å². The zero-order valence-corrected chi connectivity index (χ0v) is 14.2. The Balaban J connectivity index is 2.02. The summed E-state index contributed by atoms with van der Waals surface area (Å²) in [5, 5.41) is 3.65. The van der Waals surface area contributed by atoms with Crippen LogP contribution < -0.4 is 10.1 Å². The predicted octanol–water partition coefficient (Wildman–Crippen LogP) is 5.16. The van der Waals surface area contributed by atoms with Gasteiger partial charge in [-0.1, -0.05) is 45.2 Å². The smallest absolute Gasteiger partial charge is 0.265 e. The predicted molar refractivity (Wildman–Crippen MR) is 89.3 cm³/mol. The monoisotopic (exact) mass is 387 g/mol. The molecule has 0 aliphatic rings. The number of anilines is 1. The van der Waals surface area contributed by atoms with Crippen molar-refractivity contribution in [2.45, 2.75) is 13.0 Å². The number of carbonyl (C=O) groups is 1. The van der Waals surface area contributed by atoms with Gasteiger partial charge in [-0.3, -0.25) is 4.79 Å². The first-order valence-corrected chi connectivity index (χ1v) is 7.69. The molecule has 6 heteroatoms. The fraction of sp³-hybridized carbons (Fsp3) is 0.133. The molecule has 0 aliphatic carbocycles. The van der Waals surface area contributed by atoms with E-state index in [2.05, 4.69) is 21.2 Å². The Morgan fingerprint density at radius 2 is 2.00 bits per heavy atom. The standard InChI is InChI=1S/C15H12BrCl2NO2/c1-9(21-14-6-5-11(17)8-13(14)18)15(20)19-12-4-2-3-10(16)7-12/h2-9H,1H3,(H,19,20)/t9-/m0/s1. The number of rotatable bonds is 4. The molecule has 0 unspecified atom stereocenters.